The Balaban J connectivity index is 1.49. The third-order valence-corrected chi connectivity index (χ3v) is 4.96. The number of amides is 1. The summed E-state index contributed by atoms with van der Waals surface area (Å²) in [6.07, 6.45) is 1.56. The van der Waals surface area contributed by atoms with Crippen LogP contribution in [-0.2, 0) is 11.3 Å². The quantitative estimate of drug-likeness (QED) is 0.722. The van der Waals surface area contributed by atoms with Crippen LogP contribution in [0.2, 0.25) is 0 Å². The zero-order valence-electron chi connectivity index (χ0n) is 15.4. The molecule has 5 heteroatoms. The Bertz CT molecular complexity index is 906. The lowest BCUT2D eigenvalue weighted by Crippen LogP contribution is -2.31. The van der Waals surface area contributed by atoms with Gasteiger partial charge in [0, 0.05) is 17.8 Å². The van der Waals surface area contributed by atoms with Gasteiger partial charge in [-0.2, -0.15) is 0 Å². The molecule has 3 aromatic rings. The minimum atomic E-state index is -0.281. The molecule has 1 amide bonds. The number of aromatic amines is 1. The lowest BCUT2D eigenvalue weighted by molar-refractivity contribution is 0.0909. The summed E-state index contributed by atoms with van der Waals surface area (Å²) in [5.41, 5.74) is 4.02. The normalized spacial score (nSPS) is 16.5. The van der Waals surface area contributed by atoms with Crippen LogP contribution in [-0.4, -0.2) is 27.5 Å². The van der Waals surface area contributed by atoms with E-state index in [4.69, 9.17) is 9.72 Å². The van der Waals surface area contributed by atoms with E-state index in [1.54, 1.807) is 4.90 Å². The zero-order chi connectivity index (χ0) is 18.6. The predicted molar refractivity (Wildman–Crippen MR) is 104 cm³/mol. The van der Waals surface area contributed by atoms with Gasteiger partial charge >= 0.3 is 6.09 Å². The maximum atomic E-state index is 12.6. The van der Waals surface area contributed by atoms with Gasteiger partial charge in [0.05, 0.1) is 11.7 Å². The van der Waals surface area contributed by atoms with Crippen molar-refractivity contribution in [2.75, 3.05) is 6.54 Å². The molecule has 27 heavy (non-hydrogen) atoms. The smallest absolute Gasteiger partial charge is 0.410 e. The summed E-state index contributed by atoms with van der Waals surface area (Å²) in [6, 6.07) is 19.8. The number of aryl methyl sites for hydroxylation is 1. The van der Waals surface area contributed by atoms with E-state index in [2.05, 4.69) is 4.98 Å². The van der Waals surface area contributed by atoms with Crippen molar-refractivity contribution in [3.63, 3.8) is 0 Å². The molecule has 1 fully saturated rings. The first-order chi connectivity index (χ1) is 13.2. The molecular weight excluding hydrogens is 338 g/mol. The minimum Gasteiger partial charge on any atom is -0.445 e. The van der Waals surface area contributed by atoms with Crippen LogP contribution >= 0.6 is 0 Å². The van der Waals surface area contributed by atoms with Gasteiger partial charge in [0.2, 0.25) is 0 Å². The molecular formula is C22H23N3O2. The Morgan fingerprint density at radius 3 is 2.59 bits per heavy atom. The molecule has 1 atom stereocenters. The first-order valence-corrected chi connectivity index (χ1v) is 9.31. The predicted octanol–water partition coefficient (Wildman–Crippen LogP) is 4.86. The Kier molecular flexibility index (Phi) is 4.92. The van der Waals surface area contributed by atoms with Crippen molar-refractivity contribution in [1.82, 2.24) is 14.9 Å². The van der Waals surface area contributed by atoms with Gasteiger partial charge in [-0.25, -0.2) is 9.78 Å². The molecule has 1 saturated heterocycles. The number of aromatic nitrogens is 2. The third kappa shape index (κ3) is 3.72. The molecule has 0 bridgehead atoms. The number of likely N-dealkylation sites (tertiary alicyclic amines) is 1. The van der Waals surface area contributed by atoms with Crippen LogP contribution in [0, 0.1) is 6.92 Å². The monoisotopic (exact) mass is 361 g/mol. The molecule has 2 aromatic carbocycles. The van der Waals surface area contributed by atoms with Crippen LogP contribution in [0.3, 0.4) is 0 Å². The summed E-state index contributed by atoms with van der Waals surface area (Å²) in [6.45, 7) is 3.00. The van der Waals surface area contributed by atoms with Gasteiger partial charge in [0.1, 0.15) is 12.4 Å². The van der Waals surface area contributed by atoms with Crippen LogP contribution < -0.4 is 0 Å². The van der Waals surface area contributed by atoms with E-state index < -0.39 is 0 Å². The van der Waals surface area contributed by atoms with E-state index in [1.165, 1.54) is 0 Å². The molecule has 1 aliphatic heterocycles. The molecule has 5 nitrogen and oxygen atoms in total. The Morgan fingerprint density at radius 1 is 1.15 bits per heavy atom. The highest BCUT2D eigenvalue weighted by atomic mass is 16.6. The summed E-state index contributed by atoms with van der Waals surface area (Å²) in [7, 11) is 0. The third-order valence-electron chi connectivity index (χ3n) is 4.96. The van der Waals surface area contributed by atoms with E-state index in [0.717, 1.165) is 41.2 Å². The van der Waals surface area contributed by atoms with Crippen LogP contribution in [0.1, 0.15) is 36.0 Å². The van der Waals surface area contributed by atoms with E-state index in [9.17, 15) is 4.79 Å². The van der Waals surface area contributed by atoms with Crippen molar-refractivity contribution < 1.29 is 9.53 Å². The molecule has 0 saturated carbocycles. The summed E-state index contributed by atoms with van der Waals surface area (Å²) in [5.74, 6) is 0.834. The summed E-state index contributed by atoms with van der Waals surface area (Å²) < 4.78 is 5.53. The lowest BCUT2D eigenvalue weighted by Gasteiger charge is -2.22. The average Bonchev–Trinajstić information content (AvgIpc) is 3.34. The van der Waals surface area contributed by atoms with Crippen LogP contribution in [0.5, 0.6) is 0 Å². The zero-order valence-corrected chi connectivity index (χ0v) is 15.4. The van der Waals surface area contributed by atoms with Crippen LogP contribution in [0.15, 0.2) is 60.7 Å². The molecule has 2 heterocycles. The second-order valence-corrected chi connectivity index (χ2v) is 6.85. The molecule has 1 aliphatic rings. The topological polar surface area (TPSA) is 58.2 Å². The largest absolute Gasteiger partial charge is 0.445 e. The molecule has 0 unspecified atom stereocenters. The van der Waals surface area contributed by atoms with Gasteiger partial charge in [-0.3, -0.25) is 4.90 Å². The second kappa shape index (κ2) is 7.66. The van der Waals surface area contributed by atoms with Gasteiger partial charge < -0.3 is 9.72 Å². The standard InChI is InChI=1S/C22H23N3O2/c1-16-20(18-11-6-3-7-12-18)24-21(23-16)19-13-8-14-25(19)22(26)27-15-17-9-4-2-5-10-17/h2-7,9-12,19H,8,13-15H2,1H3,(H,23,24)/t19-/m0/s1. The van der Waals surface area contributed by atoms with Crippen molar-refractivity contribution in [3.8, 4) is 11.3 Å². The van der Waals surface area contributed by atoms with Gasteiger partial charge in [0.25, 0.3) is 0 Å². The molecule has 138 valence electrons. The van der Waals surface area contributed by atoms with Gasteiger partial charge in [-0.05, 0) is 25.3 Å². The fraction of sp³-hybridized carbons (Fsp3) is 0.273. The SMILES string of the molecule is Cc1[nH]c([C@@H]2CCCN2C(=O)OCc2ccccc2)nc1-c1ccccc1. The van der Waals surface area contributed by atoms with Crippen molar-refractivity contribution in [2.45, 2.75) is 32.4 Å². The lowest BCUT2D eigenvalue weighted by atomic mass is 10.1. The number of carbonyl (C=O) groups is 1. The maximum Gasteiger partial charge on any atom is 0.410 e. The van der Waals surface area contributed by atoms with Gasteiger partial charge in [0.15, 0.2) is 0 Å². The number of nitrogens with zero attached hydrogens (tertiary/aromatic N) is 2. The first-order valence-electron chi connectivity index (χ1n) is 9.31. The fourth-order valence-electron chi connectivity index (χ4n) is 3.59. The van der Waals surface area contributed by atoms with E-state index >= 15 is 0 Å². The summed E-state index contributed by atoms with van der Waals surface area (Å²) in [4.78, 5) is 22.6. The number of nitrogens with one attached hydrogen (secondary N) is 1. The molecule has 4 rings (SSSR count). The number of hydrogen-bond donors (Lipinski definition) is 1. The highest BCUT2D eigenvalue weighted by Gasteiger charge is 2.33. The maximum absolute atomic E-state index is 12.6. The van der Waals surface area contributed by atoms with Gasteiger partial charge in [-0.1, -0.05) is 60.7 Å². The first kappa shape index (κ1) is 17.3. The van der Waals surface area contributed by atoms with Crippen LogP contribution in [0.25, 0.3) is 11.3 Å². The fourth-order valence-corrected chi connectivity index (χ4v) is 3.59. The molecule has 0 aliphatic carbocycles. The van der Waals surface area contributed by atoms with E-state index in [-0.39, 0.29) is 18.7 Å². The molecule has 1 aromatic heterocycles. The van der Waals surface area contributed by atoms with E-state index in [0.29, 0.717) is 6.54 Å². The number of rotatable bonds is 4. The average molecular weight is 361 g/mol. The molecule has 0 spiro atoms. The number of hydrogen-bond acceptors (Lipinski definition) is 3. The Morgan fingerprint density at radius 2 is 1.85 bits per heavy atom. The van der Waals surface area contributed by atoms with Gasteiger partial charge in [-0.15, -0.1) is 0 Å². The number of carbonyl (C=O) groups excluding carboxylic acids is 1. The summed E-state index contributed by atoms with van der Waals surface area (Å²) in [5, 5.41) is 0. The molecule has 1 N–H and O–H groups in total. The number of ether oxygens (including phenoxy) is 1. The molecule has 0 radical (unpaired) electrons. The highest BCUT2D eigenvalue weighted by Crippen LogP contribution is 2.33. The van der Waals surface area contributed by atoms with Crippen molar-refractivity contribution in [2.24, 2.45) is 0 Å². The van der Waals surface area contributed by atoms with Crippen LogP contribution in [0.4, 0.5) is 4.79 Å². The number of benzene rings is 2. The number of H-pyrrole nitrogens is 1. The van der Waals surface area contributed by atoms with Crippen molar-refractivity contribution in [1.29, 1.82) is 0 Å². The Hall–Kier alpha value is -3.08. The number of imidazole rings is 1. The summed E-state index contributed by atoms with van der Waals surface area (Å²) >= 11 is 0. The van der Waals surface area contributed by atoms with E-state index in [1.807, 2.05) is 67.6 Å². The van der Waals surface area contributed by atoms with Crippen molar-refractivity contribution >= 4 is 6.09 Å². The minimum absolute atomic E-state index is 0.0653. The highest BCUT2D eigenvalue weighted by molar-refractivity contribution is 5.69. The Labute approximate surface area is 159 Å². The van der Waals surface area contributed by atoms with Crippen molar-refractivity contribution in [3.05, 3.63) is 77.7 Å². The second-order valence-electron chi connectivity index (χ2n) is 6.85.